The van der Waals surface area contributed by atoms with Gasteiger partial charge in [-0.3, -0.25) is 0 Å². The highest BCUT2D eigenvalue weighted by molar-refractivity contribution is 5.49. The number of carbonyl (C=O) groups is 1. The molecular formula is C13H22O. The summed E-state index contributed by atoms with van der Waals surface area (Å²) in [5, 5.41) is 0. The van der Waals surface area contributed by atoms with Crippen molar-refractivity contribution >= 4 is 6.29 Å². The Morgan fingerprint density at radius 3 is 2.21 bits per heavy atom. The molecule has 0 N–H and O–H groups in total. The highest BCUT2D eigenvalue weighted by Crippen LogP contribution is 2.00. The van der Waals surface area contributed by atoms with Crippen LogP contribution in [0, 0.1) is 0 Å². The fourth-order valence-corrected chi connectivity index (χ4v) is 1.18. The van der Waals surface area contributed by atoms with E-state index in [1.165, 1.54) is 25.7 Å². The van der Waals surface area contributed by atoms with E-state index in [0.29, 0.717) is 6.42 Å². The van der Waals surface area contributed by atoms with Crippen LogP contribution in [0.15, 0.2) is 24.3 Å². The van der Waals surface area contributed by atoms with Crippen LogP contribution in [0.3, 0.4) is 0 Å². The molecule has 0 saturated heterocycles. The molecular weight excluding hydrogens is 172 g/mol. The lowest BCUT2D eigenvalue weighted by Gasteiger charge is -1.90. The molecule has 80 valence electrons. The van der Waals surface area contributed by atoms with Gasteiger partial charge in [0.2, 0.25) is 0 Å². The first-order valence-corrected chi connectivity index (χ1v) is 5.65. The first-order chi connectivity index (χ1) is 6.91. The number of allylic oxidation sites excluding steroid dienone is 4. The van der Waals surface area contributed by atoms with Crippen LogP contribution in [0.4, 0.5) is 0 Å². The van der Waals surface area contributed by atoms with Gasteiger partial charge in [0.1, 0.15) is 6.29 Å². The van der Waals surface area contributed by atoms with E-state index in [4.69, 9.17) is 0 Å². The topological polar surface area (TPSA) is 17.1 Å². The second kappa shape index (κ2) is 12.2. The number of hydrogen-bond donors (Lipinski definition) is 0. The zero-order chi connectivity index (χ0) is 10.5. The summed E-state index contributed by atoms with van der Waals surface area (Å²) < 4.78 is 0. The smallest absolute Gasteiger partial charge is 0.120 e. The van der Waals surface area contributed by atoms with Gasteiger partial charge in [-0.2, -0.15) is 0 Å². The molecule has 0 bridgehead atoms. The quantitative estimate of drug-likeness (QED) is 0.307. The molecule has 0 saturated carbocycles. The third-order valence-corrected chi connectivity index (χ3v) is 2.03. The molecule has 0 aromatic carbocycles. The van der Waals surface area contributed by atoms with Crippen LogP contribution in [0.5, 0.6) is 0 Å². The molecule has 0 unspecified atom stereocenters. The Labute approximate surface area is 87.9 Å². The van der Waals surface area contributed by atoms with Crippen molar-refractivity contribution in [3.05, 3.63) is 24.3 Å². The van der Waals surface area contributed by atoms with Crippen molar-refractivity contribution in [1.82, 2.24) is 0 Å². The second-order valence-electron chi connectivity index (χ2n) is 3.42. The molecule has 0 fully saturated rings. The predicted molar refractivity (Wildman–Crippen MR) is 62.3 cm³/mol. The van der Waals surface area contributed by atoms with Gasteiger partial charge in [0.15, 0.2) is 0 Å². The van der Waals surface area contributed by atoms with Crippen molar-refractivity contribution < 1.29 is 4.79 Å². The van der Waals surface area contributed by atoms with E-state index in [1.807, 2.05) is 0 Å². The van der Waals surface area contributed by atoms with Gasteiger partial charge >= 0.3 is 0 Å². The van der Waals surface area contributed by atoms with Gasteiger partial charge in [-0.05, 0) is 25.7 Å². The minimum Gasteiger partial charge on any atom is -0.303 e. The third kappa shape index (κ3) is 11.2. The lowest BCUT2D eigenvalue weighted by atomic mass is 10.2. The van der Waals surface area contributed by atoms with Crippen LogP contribution in [-0.2, 0) is 4.79 Å². The van der Waals surface area contributed by atoms with E-state index in [2.05, 4.69) is 31.2 Å². The fraction of sp³-hybridized carbons (Fsp3) is 0.615. The molecule has 0 aliphatic rings. The molecule has 0 atom stereocenters. The summed E-state index contributed by atoms with van der Waals surface area (Å²) in [6.07, 6.45) is 17.3. The lowest BCUT2D eigenvalue weighted by molar-refractivity contribution is -0.107. The van der Waals surface area contributed by atoms with E-state index in [-0.39, 0.29) is 0 Å². The average Bonchev–Trinajstić information content (AvgIpc) is 2.21. The minimum absolute atomic E-state index is 0.650. The summed E-state index contributed by atoms with van der Waals surface area (Å²) in [6, 6.07) is 0. The van der Waals surface area contributed by atoms with Gasteiger partial charge < -0.3 is 4.79 Å². The van der Waals surface area contributed by atoms with Crippen LogP contribution < -0.4 is 0 Å². The van der Waals surface area contributed by atoms with Crippen molar-refractivity contribution in [1.29, 1.82) is 0 Å². The lowest BCUT2D eigenvalue weighted by Crippen LogP contribution is -1.71. The summed E-state index contributed by atoms with van der Waals surface area (Å²) in [7, 11) is 0. The molecule has 0 aliphatic carbocycles. The van der Waals surface area contributed by atoms with Crippen molar-refractivity contribution in [2.75, 3.05) is 0 Å². The molecule has 14 heavy (non-hydrogen) atoms. The summed E-state index contributed by atoms with van der Waals surface area (Å²) in [6.45, 7) is 2.22. The molecule has 0 spiro atoms. The Bertz CT molecular complexity index is 168. The molecule has 0 aromatic heterocycles. The largest absolute Gasteiger partial charge is 0.303 e. The zero-order valence-corrected chi connectivity index (χ0v) is 9.24. The number of rotatable bonds is 9. The van der Waals surface area contributed by atoms with Crippen LogP contribution in [0.1, 0.15) is 51.9 Å². The van der Waals surface area contributed by atoms with Crippen LogP contribution in [0.2, 0.25) is 0 Å². The van der Waals surface area contributed by atoms with E-state index >= 15 is 0 Å². The fourth-order valence-electron chi connectivity index (χ4n) is 1.18. The predicted octanol–water partition coefficient (Wildman–Crippen LogP) is 4.05. The van der Waals surface area contributed by atoms with E-state index in [9.17, 15) is 4.79 Å². The van der Waals surface area contributed by atoms with Crippen LogP contribution in [-0.4, -0.2) is 6.29 Å². The van der Waals surface area contributed by atoms with Crippen LogP contribution >= 0.6 is 0 Å². The maximum atomic E-state index is 9.99. The summed E-state index contributed by atoms with van der Waals surface area (Å²) >= 11 is 0. The number of aldehydes is 1. The minimum atomic E-state index is 0.650. The SMILES string of the molecule is CCCCCC=CCC=CCCC=O. The van der Waals surface area contributed by atoms with Gasteiger partial charge in [-0.15, -0.1) is 0 Å². The summed E-state index contributed by atoms with van der Waals surface area (Å²) in [5.74, 6) is 0. The first-order valence-electron chi connectivity index (χ1n) is 5.65. The Balaban J connectivity index is 3.17. The summed E-state index contributed by atoms with van der Waals surface area (Å²) in [4.78, 5) is 9.99. The van der Waals surface area contributed by atoms with Gasteiger partial charge in [0, 0.05) is 6.42 Å². The Kier molecular flexibility index (Phi) is 11.4. The summed E-state index contributed by atoms with van der Waals surface area (Å²) in [5.41, 5.74) is 0. The molecule has 1 heteroatoms. The highest BCUT2D eigenvalue weighted by atomic mass is 16.1. The maximum Gasteiger partial charge on any atom is 0.120 e. The Hall–Kier alpha value is -0.850. The zero-order valence-electron chi connectivity index (χ0n) is 9.24. The van der Waals surface area contributed by atoms with Gasteiger partial charge in [0.25, 0.3) is 0 Å². The first kappa shape index (κ1) is 13.2. The van der Waals surface area contributed by atoms with Crippen molar-refractivity contribution in [2.45, 2.75) is 51.9 Å². The second-order valence-corrected chi connectivity index (χ2v) is 3.42. The number of unbranched alkanes of at least 4 members (excludes halogenated alkanes) is 4. The Morgan fingerprint density at radius 2 is 1.57 bits per heavy atom. The molecule has 0 aliphatic heterocycles. The molecule has 0 rings (SSSR count). The molecule has 0 heterocycles. The monoisotopic (exact) mass is 194 g/mol. The van der Waals surface area contributed by atoms with E-state index in [0.717, 1.165) is 19.1 Å². The van der Waals surface area contributed by atoms with E-state index in [1.54, 1.807) is 0 Å². The highest BCUT2D eigenvalue weighted by Gasteiger charge is 1.81. The molecule has 0 amide bonds. The standard InChI is InChI=1S/C13H22O/c1-2-3-4-5-6-7-8-9-10-11-12-13-14/h6-7,9-10,13H,2-5,8,11-12H2,1H3. The van der Waals surface area contributed by atoms with Crippen molar-refractivity contribution in [3.63, 3.8) is 0 Å². The maximum absolute atomic E-state index is 9.99. The van der Waals surface area contributed by atoms with Crippen LogP contribution in [0.25, 0.3) is 0 Å². The molecule has 1 nitrogen and oxygen atoms in total. The average molecular weight is 194 g/mol. The normalized spacial score (nSPS) is 11.5. The molecule has 0 aromatic rings. The molecule has 0 radical (unpaired) electrons. The van der Waals surface area contributed by atoms with Gasteiger partial charge in [0.05, 0.1) is 0 Å². The van der Waals surface area contributed by atoms with E-state index < -0.39 is 0 Å². The van der Waals surface area contributed by atoms with Crippen molar-refractivity contribution in [3.8, 4) is 0 Å². The van der Waals surface area contributed by atoms with Gasteiger partial charge in [-0.25, -0.2) is 0 Å². The third-order valence-electron chi connectivity index (χ3n) is 2.03. The number of hydrogen-bond acceptors (Lipinski definition) is 1. The number of carbonyl (C=O) groups excluding carboxylic acids is 1. The van der Waals surface area contributed by atoms with Crippen molar-refractivity contribution in [2.24, 2.45) is 0 Å². The van der Waals surface area contributed by atoms with Gasteiger partial charge in [-0.1, -0.05) is 44.1 Å². The Morgan fingerprint density at radius 1 is 0.857 bits per heavy atom.